The second-order valence-corrected chi connectivity index (χ2v) is 6.52. The molecule has 2 heterocycles. The van der Waals surface area contributed by atoms with E-state index in [2.05, 4.69) is 22.0 Å². The average Bonchev–Trinajstić information content (AvgIpc) is 3.18. The van der Waals surface area contributed by atoms with Crippen LogP contribution in [0.5, 0.6) is 0 Å². The number of nitrogens with two attached hydrogens (primary N) is 1. The van der Waals surface area contributed by atoms with E-state index in [-0.39, 0.29) is 0 Å². The largest absolute Gasteiger partial charge is 0.397 e. The van der Waals surface area contributed by atoms with Crippen molar-refractivity contribution in [2.45, 2.75) is 44.6 Å². The molecule has 1 aromatic heterocycles. The Morgan fingerprint density at radius 3 is 2.76 bits per heavy atom. The summed E-state index contributed by atoms with van der Waals surface area (Å²) >= 11 is 0. The van der Waals surface area contributed by atoms with Crippen LogP contribution in [0.2, 0.25) is 0 Å². The van der Waals surface area contributed by atoms with Crippen LogP contribution in [-0.2, 0) is 0 Å². The third kappa shape index (κ3) is 2.15. The zero-order chi connectivity index (χ0) is 14.2. The van der Waals surface area contributed by atoms with Crippen molar-refractivity contribution in [2.75, 3.05) is 17.2 Å². The third-order valence-corrected chi connectivity index (χ3v) is 5.33. The van der Waals surface area contributed by atoms with Crippen LogP contribution in [0.1, 0.15) is 38.5 Å². The first-order valence-electron chi connectivity index (χ1n) is 8.24. The lowest BCUT2D eigenvalue weighted by Crippen LogP contribution is -2.34. The van der Waals surface area contributed by atoms with Crippen LogP contribution >= 0.6 is 0 Å². The number of anilines is 2. The van der Waals surface area contributed by atoms with E-state index in [1.54, 1.807) is 0 Å². The molecule has 1 aliphatic carbocycles. The molecule has 1 unspecified atom stereocenters. The van der Waals surface area contributed by atoms with E-state index in [0.29, 0.717) is 0 Å². The smallest absolute Gasteiger partial charge is 0.0951 e. The predicted octanol–water partition coefficient (Wildman–Crippen LogP) is 3.98. The van der Waals surface area contributed by atoms with Gasteiger partial charge in [-0.1, -0.05) is 25.0 Å². The van der Waals surface area contributed by atoms with Crippen molar-refractivity contribution in [1.82, 2.24) is 4.98 Å². The van der Waals surface area contributed by atoms with Crippen LogP contribution in [-0.4, -0.2) is 17.6 Å². The van der Waals surface area contributed by atoms with Crippen molar-refractivity contribution in [1.29, 1.82) is 0 Å². The number of hydrogen-bond donors (Lipinski definition) is 1. The number of fused-ring (bicyclic) bond motifs is 1. The Balaban J connectivity index is 1.76. The van der Waals surface area contributed by atoms with Crippen LogP contribution in [0.15, 0.2) is 30.5 Å². The molecule has 1 aliphatic heterocycles. The van der Waals surface area contributed by atoms with Crippen molar-refractivity contribution in [3.63, 3.8) is 0 Å². The molecule has 0 spiro atoms. The number of pyridine rings is 1. The highest BCUT2D eigenvalue weighted by molar-refractivity contribution is 5.98. The Bertz CT molecular complexity index is 646. The van der Waals surface area contributed by atoms with Gasteiger partial charge in [0.25, 0.3) is 0 Å². The van der Waals surface area contributed by atoms with Crippen molar-refractivity contribution in [2.24, 2.45) is 5.92 Å². The summed E-state index contributed by atoms with van der Waals surface area (Å²) in [6.07, 6.45) is 10.2. The van der Waals surface area contributed by atoms with E-state index in [9.17, 15) is 0 Å². The first kappa shape index (κ1) is 12.9. The Morgan fingerprint density at radius 2 is 1.90 bits per heavy atom. The Hall–Kier alpha value is -1.77. The van der Waals surface area contributed by atoms with Crippen LogP contribution in [0, 0.1) is 5.92 Å². The van der Waals surface area contributed by atoms with Gasteiger partial charge in [-0.05, 0) is 43.7 Å². The molecule has 21 heavy (non-hydrogen) atoms. The van der Waals surface area contributed by atoms with Gasteiger partial charge in [-0.2, -0.15) is 0 Å². The Labute approximate surface area is 126 Å². The number of rotatable bonds is 2. The molecule has 0 radical (unpaired) electrons. The summed E-state index contributed by atoms with van der Waals surface area (Å²) in [6.45, 7) is 1.18. The van der Waals surface area contributed by atoms with Gasteiger partial charge in [0.2, 0.25) is 0 Å². The average molecular weight is 281 g/mol. The second kappa shape index (κ2) is 5.21. The zero-order valence-corrected chi connectivity index (χ0v) is 12.5. The fourth-order valence-corrected chi connectivity index (χ4v) is 4.36. The molecule has 3 heteroatoms. The summed E-state index contributed by atoms with van der Waals surface area (Å²) in [5.74, 6) is 0.886. The first-order valence-corrected chi connectivity index (χ1v) is 8.24. The number of para-hydroxylation sites is 1. The number of nitrogens with zero attached hydrogens (tertiary/aromatic N) is 2. The van der Waals surface area contributed by atoms with Gasteiger partial charge >= 0.3 is 0 Å². The summed E-state index contributed by atoms with van der Waals surface area (Å²) < 4.78 is 0. The molecule has 2 aliphatic rings. The summed E-state index contributed by atoms with van der Waals surface area (Å²) in [6, 6.07) is 9.05. The molecule has 4 rings (SSSR count). The molecular weight excluding hydrogens is 258 g/mol. The molecule has 110 valence electrons. The monoisotopic (exact) mass is 281 g/mol. The van der Waals surface area contributed by atoms with Gasteiger partial charge in [0.1, 0.15) is 0 Å². The molecule has 1 aromatic carbocycles. The zero-order valence-electron chi connectivity index (χ0n) is 12.5. The van der Waals surface area contributed by atoms with Gasteiger partial charge in [-0.15, -0.1) is 0 Å². The molecule has 0 bridgehead atoms. The van der Waals surface area contributed by atoms with Crippen LogP contribution < -0.4 is 10.6 Å². The van der Waals surface area contributed by atoms with Gasteiger partial charge < -0.3 is 10.6 Å². The predicted molar refractivity (Wildman–Crippen MR) is 88.5 cm³/mol. The van der Waals surface area contributed by atoms with Crippen molar-refractivity contribution >= 4 is 22.3 Å². The van der Waals surface area contributed by atoms with Gasteiger partial charge in [0.15, 0.2) is 0 Å². The standard InChI is InChI=1S/C18H23N3/c19-15-8-3-7-14-17(10-11-20-18(14)15)21-12-4-9-16(21)13-5-1-2-6-13/h3,7-8,10-11,13,16H,1-2,4-6,9,12,19H2. The number of nitrogen functional groups attached to an aromatic ring is 1. The molecule has 2 aromatic rings. The maximum atomic E-state index is 6.10. The van der Waals surface area contributed by atoms with E-state index in [1.807, 2.05) is 18.3 Å². The van der Waals surface area contributed by atoms with Crippen LogP contribution in [0.25, 0.3) is 10.9 Å². The van der Waals surface area contributed by atoms with E-state index in [0.717, 1.165) is 23.2 Å². The SMILES string of the molecule is Nc1cccc2c(N3CCCC3C3CCCC3)ccnc12. The summed E-state index contributed by atoms with van der Waals surface area (Å²) in [5.41, 5.74) is 9.17. The molecule has 1 saturated heterocycles. The van der Waals surface area contributed by atoms with Crippen molar-refractivity contribution in [3.05, 3.63) is 30.5 Å². The van der Waals surface area contributed by atoms with Crippen molar-refractivity contribution in [3.8, 4) is 0 Å². The lowest BCUT2D eigenvalue weighted by Gasteiger charge is -2.32. The van der Waals surface area contributed by atoms with E-state index in [4.69, 9.17) is 5.73 Å². The first-order chi connectivity index (χ1) is 10.3. The highest BCUT2D eigenvalue weighted by atomic mass is 15.2. The normalized spacial score (nSPS) is 23.2. The van der Waals surface area contributed by atoms with Crippen LogP contribution in [0.3, 0.4) is 0 Å². The van der Waals surface area contributed by atoms with Crippen LogP contribution in [0.4, 0.5) is 11.4 Å². The Kier molecular flexibility index (Phi) is 3.21. The minimum Gasteiger partial charge on any atom is -0.397 e. The molecule has 1 saturated carbocycles. The maximum Gasteiger partial charge on any atom is 0.0951 e. The minimum atomic E-state index is 0.722. The molecule has 2 N–H and O–H groups in total. The molecule has 2 fully saturated rings. The highest BCUT2D eigenvalue weighted by Gasteiger charge is 2.34. The van der Waals surface area contributed by atoms with E-state index < -0.39 is 0 Å². The summed E-state index contributed by atoms with van der Waals surface area (Å²) in [7, 11) is 0. The lowest BCUT2D eigenvalue weighted by atomic mass is 9.95. The van der Waals surface area contributed by atoms with E-state index in [1.165, 1.54) is 56.1 Å². The number of hydrogen-bond acceptors (Lipinski definition) is 3. The second-order valence-electron chi connectivity index (χ2n) is 6.52. The third-order valence-electron chi connectivity index (χ3n) is 5.33. The topological polar surface area (TPSA) is 42.1 Å². The molecule has 1 atom stereocenters. The quantitative estimate of drug-likeness (QED) is 0.847. The summed E-state index contributed by atoms with van der Waals surface area (Å²) in [4.78, 5) is 7.12. The number of benzene rings is 1. The van der Waals surface area contributed by atoms with E-state index >= 15 is 0 Å². The van der Waals surface area contributed by atoms with Gasteiger partial charge in [0.05, 0.1) is 11.2 Å². The Morgan fingerprint density at radius 1 is 1.05 bits per heavy atom. The highest BCUT2D eigenvalue weighted by Crippen LogP contribution is 2.40. The molecule has 0 amide bonds. The number of aromatic nitrogens is 1. The minimum absolute atomic E-state index is 0.722. The van der Waals surface area contributed by atoms with Crippen molar-refractivity contribution < 1.29 is 0 Å². The lowest BCUT2D eigenvalue weighted by molar-refractivity contribution is 0.431. The van der Waals surface area contributed by atoms with Gasteiger partial charge in [-0.25, -0.2) is 0 Å². The molecular formula is C18H23N3. The summed E-state index contributed by atoms with van der Waals surface area (Å²) in [5, 5.41) is 1.21. The van der Waals surface area contributed by atoms with Gasteiger partial charge in [0, 0.05) is 29.9 Å². The van der Waals surface area contributed by atoms with Gasteiger partial charge in [-0.3, -0.25) is 4.98 Å². The maximum absolute atomic E-state index is 6.10. The fourth-order valence-electron chi connectivity index (χ4n) is 4.36. The fraction of sp³-hybridized carbons (Fsp3) is 0.500. The molecule has 3 nitrogen and oxygen atoms in total.